The van der Waals surface area contributed by atoms with Gasteiger partial charge in [-0.3, -0.25) is 4.79 Å². The minimum Gasteiger partial charge on any atom is -0.469 e. The number of hydrogen-bond donors (Lipinski definition) is 0. The van der Waals surface area contributed by atoms with Crippen molar-refractivity contribution >= 4 is 5.97 Å². The second kappa shape index (κ2) is 2.92. The highest BCUT2D eigenvalue weighted by atomic mass is 16.5. The number of carbonyl (C=O) groups excluding carboxylic acids is 1. The molecule has 1 saturated carbocycles. The van der Waals surface area contributed by atoms with E-state index in [-0.39, 0.29) is 17.3 Å². The highest BCUT2D eigenvalue weighted by molar-refractivity contribution is 5.78. The van der Waals surface area contributed by atoms with Crippen LogP contribution >= 0.6 is 0 Å². The first-order chi connectivity index (χ1) is 5.55. The zero-order valence-corrected chi connectivity index (χ0v) is 8.13. The number of ether oxygens (including phenoxy) is 1. The van der Waals surface area contributed by atoms with Crippen molar-refractivity contribution in [2.75, 3.05) is 7.11 Å². The quantitative estimate of drug-likeness (QED) is 0.465. The molecule has 0 unspecified atom stereocenters. The van der Waals surface area contributed by atoms with E-state index < -0.39 is 0 Å². The van der Waals surface area contributed by atoms with Crippen LogP contribution in [0.4, 0.5) is 0 Å². The maximum atomic E-state index is 11.2. The van der Waals surface area contributed by atoms with E-state index in [0.29, 0.717) is 5.92 Å². The Morgan fingerprint density at radius 1 is 1.50 bits per heavy atom. The van der Waals surface area contributed by atoms with E-state index in [4.69, 9.17) is 4.74 Å². The molecule has 1 fully saturated rings. The zero-order chi connectivity index (χ0) is 9.35. The van der Waals surface area contributed by atoms with E-state index in [1.165, 1.54) is 7.11 Å². The number of esters is 1. The smallest absolute Gasteiger partial charge is 0.309 e. The molecule has 0 aliphatic heterocycles. The summed E-state index contributed by atoms with van der Waals surface area (Å²) in [5.74, 6) is 0.358. The van der Waals surface area contributed by atoms with Gasteiger partial charge in [0.1, 0.15) is 0 Å². The molecule has 0 radical (unpaired) electrons. The Morgan fingerprint density at radius 2 is 2.08 bits per heavy atom. The lowest BCUT2D eigenvalue weighted by Crippen LogP contribution is -2.07. The third-order valence-corrected chi connectivity index (χ3v) is 2.77. The summed E-state index contributed by atoms with van der Waals surface area (Å²) in [4.78, 5) is 11.2. The van der Waals surface area contributed by atoms with Crippen molar-refractivity contribution in [2.45, 2.75) is 20.8 Å². The Hall–Kier alpha value is -0.790. The van der Waals surface area contributed by atoms with Crippen LogP contribution in [0.3, 0.4) is 0 Å². The molecule has 0 aromatic carbocycles. The van der Waals surface area contributed by atoms with Gasteiger partial charge in [-0.1, -0.05) is 26.0 Å². The lowest BCUT2D eigenvalue weighted by atomic mass is 10.1. The lowest BCUT2D eigenvalue weighted by molar-refractivity contribution is -0.143. The Morgan fingerprint density at radius 3 is 2.50 bits per heavy atom. The first-order valence-corrected chi connectivity index (χ1v) is 4.26. The molecule has 2 atom stereocenters. The van der Waals surface area contributed by atoms with E-state index in [1.54, 1.807) is 0 Å². The molecule has 1 rings (SSSR count). The van der Waals surface area contributed by atoms with Gasteiger partial charge in [0.05, 0.1) is 13.0 Å². The predicted octanol–water partition coefficient (Wildman–Crippen LogP) is 2.01. The zero-order valence-electron chi connectivity index (χ0n) is 8.13. The summed E-state index contributed by atoms with van der Waals surface area (Å²) in [6.45, 7) is 6.17. The number of carbonyl (C=O) groups is 1. The molecule has 12 heavy (non-hydrogen) atoms. The summed E-state index contributed by atoms with van der Waals surface area (Å²) >= 11 is 0. The molecular formula is C10H16O2. The van der Waals surface area contributed by atoms with Gasteiger partial charge < -0.3 is 4.74 Å². The first-order valence-electron chi connectivity index (χ1n) is 4.26. The predicted molar refractivity (Wildman–Crippen MR) is 47.6 cm³/mol. The van der Waals surface area contributed by atoms with Gasteiger partial charge in [-0.2, -0.15) is 0 Å². The number of hydrogen-bond acceptors (Lipinski definition) is 2. The lowest BCUT2D eigenvalue weighted by Gasteiger charge is -1.98. The molecule has 2 heteroatoms. The highest BCUT2D eigenvalue weighted by Gasteiger charge is 2.60. The van der Waals surface area contributed by atoms with Gasteiger partial charge in [-0.15, -0.1) is 0 Å². The van der Waals surface area contributed by atoms with Crippen LogP contribution in [0, 0.1) is 17.3 Å². The molecule has 1 aliphatic rings. The van der Waals surface area contributed by atoms with Gasteiger partial charge in [0.15, 0.2) is 0 Å². The van der Waals surface area contributed by atoms with Gasteiger partial charge in [0.2, 0.25) is 0 Å². The van der Waals surface area contributed by atoms with E-state index >= 15 is 0 Å². The standard InChI is InChI=1S/C10H16O2/c1-5-6-7-8(9(11)12-4)10(7,2)3/h5-8H,1-4H3/b6-5-/t7-,8+/m1/s1. The topological polar surface area (TPSA) is 26.3 Å². The summed E-state index contributed by atoms with van der Waals surface area (Å²) in [5.41, 5.74) is 0.0968. The van der Waals surface area contributed by atoms with E-state index in [0.717, 1.165) is 0 Å². The van der Waals surface area contributed by atoms with Crippen LogP contribution in [0.5, 0.6) is 0 Å². The van der Waals surface area contributed by atoms with Gasteiger partial charge >= 0.3 is 5.97 Å². The normalized spacial score (nSPS) is 32.0. The summed E-state index contributed by atoms with van der Waals surface area (Å²) in [5, 5.41) is 0. The van der Waals surface area contributed by atoms with Crippen LogP contribution in [0.25, 0.3) is 0 Å². The molecule has 0 bridgehead atoms. The fourth-order valence-corrected chi connectivity index (χ4v) is 1.82. The van der Waals surface area contributed by atoms with Crippen molar-refractivity contribution < 1.29 is 9.53 Å². The Bertz CT molecular complexity index is 216. The molecule has 0 aromatic rings. The molecule has 1 aliphatic carbocycles. The average molecular weight is 168 g/mol. The summed E-state index contributed by atoms with van der Waals surface area (Å²) < 4.78 is 4.71. The van der Waals surface area contributed by atoms with Crippen LogP contribution < -0.4 is 0 Å². The van der Waals surface area contributed by atoms with Crippen LogP contribution in [0.15, 0.2) is 12.2 Å². The molecule has 0 saturated heterocycles. The monoisotopic (exact) mass is 168 g/mol. The second-order valence-electron chi connectivity index (χ2n) is 3.87. The fraction of sp³-hybridized carbons (Fsp3) is 0.700. The van der Waals surface area contributed by atoms with Gasteiger partial charge in [-0.25, -0.2) is 0 Å². The largest absolute Gasteiger partial charge is 0.469 e. The minimum atomic E-state index is -0.0805. The number of rotatable bonds is 2. The minimum absolute atomic E-state index is 0.0682. The van der Waals surface area contributed by atoms with Gasteiger partial charge in [0.25, 0.3) is 0 Å². The first kappa shape index (κ1) is 9.30. The number of methoxy groups -OCH3 is 1. The maximum absolute atomic E-state index is 11.2. The number of allylic oxidation sites excluding steroid dienone is 2. The van der Waals surface area contributed by atoms with Crippen molar-refractivity contribution in [2.24, 2.45) is 17.3 Å². The highest BCUT2D eigenvalue weighted by Crippen LogP contribution is 2.59. The summed E-state index contributed by atoms with van der Waals surface area (Å²) in [6, 6.07) is 0. The van der Waals surface area contributed by atoms with E-state index in [1.807, 2.05) is 13.0 Å². The maximum Gasteiger partial charge on any atom is 0.309 e. The molecule has 0 heterocycles. The van der Waals surface area contributed by atoms with Crippen molar-refractivity contribution in [1.29, 1.82) is 0 Å². The summed E-state index contributed by atoms with van der Waals surface area (Å²) in [7, 11) is 1.45. The van der Waals surface area contributed by atoms with Crippen molar-refractivity contribution in [1.82, 2.24) is 0 Å². The second-order valence-corrected chi connectivity index (χ2v) is 3.87. The molecule has 0 N–H and O–H groups in total. The average Bonchev–Trinajstić information content (AvgIpc) is 2.53. The van der Waals surface area contributed by atoms with Gasteiger partial charge in [0, 0.05) is 0 Å². The van der Waals surface area contributed by atoms with Crippen LogP contribution in [-0.2, 0) is 9.53 Å². The molecule has 68 valence electrons. The van der Waals surface area contributed by atoms with Crippen LogP contribution in [0.1, 0.15) is 20.8 Å². The third-order valence-electron chi connectivity index (χ3n) is 2.77. The molecule has 0 spiro atoms. The Labute approximate surface area is 73.6 Å². The molecular weight excluding hydrogens is 152 g/mol. The van der Waals surface area contributed by atoms with Crippen LogP contribution in [-0.4, -0.2) is 13.1 Å². The van der Waals surface area contributed by atoms with E-state index in [2.05, 4.69) is 19.9 Å². The van der Waals surface area contributed by atoms with Crippen LogP contribution in [0.2, 0.25) is 0 Å². The summed E-state index contributed by atoms with van der Waals surface area (Å²) in [6.07, 6.45) is 4.08. The Balaban J connectivity index is 2.66. The van der Waals surface area contributed by atoms with Crippen molar-refractivity contribution in [3.63, 3.8) is 0 Å². The van der Waals surface area contributed by atoms with Gasteiger partial charge in [-0.05, 0) is 18.3 Å². The molecule has 0 amide bonds. The fourth-order valence-electron chi connectivity index (χ4n) is 1.82. The third kappa shape index (κ3) is 1.26. The SMILES string of the molecule is C/C=C\[C@@H]1[C@@H](C(=O)OC)C1(C)C. The molecule has 0 aromatic heterocycles. The molecule has 2 nitrogen and oxygen atoms in total. The Kier molecular flexibility index (Phi) is 2.27. The van der Waals surface area contributed by atoms with Crippen molar-refractivity contribution in [3.05, 3.63) is 12.2 Å². The van der Waals surface area contributed by atoms with Crippen molar-refractivity contribution in [3.8, 4) is 0 Å². The van der Waals surface area contributed by atoms with E-state index in [9.17, 15) is 4.79 Å².